The topological polar surface area (TPSA) is 44.0 Å². The summed E-state index contributed by atoms with van der Waals surface area (Å²) in [6.07, 6.45) is 3.92. The summed E-state index contributed by atoms with van der Waals surface area (Å²) in [7, 11) is 0. The Morgan fingerprint density at radius 3 is 2.70 bits per heavy atom. The minimum atomic E-state index is -1.30. The first kappa shape index (κ1) is 13.6. The molecule has 2 fully saturated rings. The number of nitriles is 1. The van der Waals surface area contributed by atoms with Crippen molar-refractivity contribution in [3.8, 4) is 6.07 Å². The number of aliphatic hydroxyl groups is 1. The molecule has 1 aromatic carbocycles. The van der Waals surface area contributed by atoms with Crippen LogP contribution in [0.4, 0.5) is 4.39 Å². The second-order valence-electron chi connectivity index (χ2n) is 6.70. The lowest BCUT2D eigenvalue weighted by atomic mass is 9.61. The molecule has 2 aliphatic rings. The van der Waals surface area contributed by atoms with Crippen LogP contribution in [-0.2, 0) is 5.60 Å². The molecule has 2 bridgehead atoms. The Balaban J connectivity index is 2.06. The second-order valence-corrected chi connectivity index (χ2v) is 6.70. The van der Waals surface area contributed by atoms with Crippen LogP contribution in [0.25, 0.3) is 0 Å². The number of rotatable bonds is 2. The van der Waals surface area contributed by atoms with Gasteiger partial charge in [0.25, 0.3) is 0 Å². The van der Waals surface area contributed by atoms with Gasteiger partial charge in [-0.1, -0.05) is 18.6 Å². The maximum Gasteiger partial charge on any atom is 0.126 e. The fourth-order valence-corrected chi connectivity index (χ4v) is 4.33. The third kappa shape index (κ3) is 1.64. The summed E-state index contributed by atoms with van der Waals surface area (Å²) in [5.41, 5.74) is -0.980. The zero-order chi connectivity index (χ0) is 14.5. The van der Waals surface area contributed by atoms with E-state index >= 15 is 0 Å². The predicted molar refractivity (Wildman–Crippen MR) is 74.2 cm³/mol. The highest BCUT2D eigenvalue weighted by atomic mass is 19.1. The van der Waals surface area contributed by atoms with Crippen LogP contribution in [0.2, 0.25) is 0 Å². The van der Waals surface area contributed by atoms with Gasteiger partial charge in [-0.25, -0.2) is 4.39 Å². The summed E-state index contributed by atoms with van der Waals surface area (Å²) >= 11 is 0. The minimum absolute atomic E-state index is 0.233. The van der Waals surface area contributed by atoms with Gasteiger partial charge in [-0.2, -0.15) is 5.26 Å². The number of fused-ring (bicyclic) bond motifs is 2. The van der Waals surface area contributed by atoms with Crippen molar-refractivity contribution in [3.63, 3.8) is 0 Å². The van der Waals surface area contributed by atoms with Gasteiger partial charge < -0.3 is 5.11 Å². The zero-order valence-electron chi connectivity index (χ0n) is 12.0. The quantitative estimate of drug-likeness (QED) is 0.893. The molecule has 4 atom stereocenters. The van der Waals surface area contributed by atoms with Crippen molar-refractivity contribution in [1.29, 1.82) is 5.26 Å². The second kappa shape index (κ2) is 4.30. The van der Waals surface area contributed by atoms with Gasteiger partial charge in [-0.15, -0.1) is 0 Å². The summed E-state index contributed by atoms with van der Waals surface area (Å²) in [5, 5.41) is 20.8. The summed E-state index contributed by atoms with van der Waals surface area (Å²) in [6, 6.07) is 7.23. The predicted octanol–water partition coefficient (Wildman–Crippen LogP) is 3.67. The third-order valence-electron chi connectivity index (χ3n) is 5.65. The van der Waals surface area contributed by atoms with Gasteiger partial charge in [0.1, 0.15) is 11.4 Å². The lowest BCUT2D eigenvalue weighted by molar-refractivity contribution is -0.0736. The lowest BCUT2D eigenvalue weighted by Gasteiger charge is -2.43. The van der Waals surface area contributed by atoms with Crippen molar-refractivity contribution in [1.82, 2.24) is 0 Å². The van der Waals surface area contributed by atoms with E-state index < -0.39 is 11.0 Å². The van der Waals surface area contributed by atoms with Crippen molar-refractivity contribution < 1.29 is 9.50 Å². The molecule has 2 saturated carbocycles. The van der Waals surface area contributed by atoms with Crippen LogP contribution in [0, 0.1) is 41.3 Å². The number of nitrogens with zero attached hydrogens (tertiary/aromatic N) is 1. The van der Waals surface area contributed by atoms with Crippen LogP contribution < -0.4 is 0 Å². The average Bonchev–Trinajstić information content (AvgIpc) is 3.02. The highest BCUT2D eigenvalue weighted by molar-refractivity contribution is 5.33. The van der Waals surface area contributed by atoms with Crippen molar-refractivity contribution in [3.05, 3.63) is 35.1 Å². The molecule has 20 heavy (non-hydrogen) atoms. The van der Waals surface area contributed by atoms with Gasteiger partial charge in [0, 0.05) is 0 Å². The molecule has 3 rings (SSSR count). The van der Waals surface area contributed by atoms with Gasteiger partial charge in [0.2, 0.25) is 0 Å². The van der Waals surface area contributed by atoms with E-state index in [9.17, 15) is 14.8 Å². The number of hydrogen-bond acceptors (Lipinski definition) is 2. The molecule has 1 N–H and O–H groups in total. The summed E-state index contributed by atoms with van der Waals surface area (Å²) < 4.78 is 13.8. The zero-order valence-corrected chi connectivity index (χ0v) is 12.0. The number of halogens is 1. The van der Waals surface area contributed by atoms with Crippen molar-refractivity contribution in [2.24, 2.45) is 17.3 Å². The first-order chi connectivity index (χ1) is 9.40. The molecule has 2 aliphatic carbocycles. The highest BCUT2D eigenvalue weighted by Gasteiger charge is 2.61. The third-order valence-corrected chi connectivity index (χ3v) is 5.65. The first-order valence-electron chi connectivity index (χ1n) is 7.31. The molecule has 3 heteroatoms. The Bertz CT molecular complexity index is 589. The van der Waals surface area contributed by atoms with E-state index in [1.54, 1.807) is 26.0 Å². The van der Waals surface area contributed by atoms with Gasteiger partial charge in [-0.05, 0) is 62.1 Å². The van der Waals surface area contributed by atoms with Crippen LogP contribution in [-0.4, -0.2) is 5.11 Å². The van der Waals surface area contributed by atoms with E-state index in [4.69, 9.17) is 0 Å². The molecular formula is C17H20FNO. The SMILES string of the molecule is Cc1ccc(C(C)(O)C2(C#N)CC3CCC2C3)cc1F. The Morgan fingerprint density at radius 2 is 2.20 bits per heavy atom. The fourth-order valence-electron chi connectivity index (χ4n) is 4.33. The molecule has 0 amide bonds. The van der Waals surface area contributed by atoms with Crippen molar-refractivity contribution in [2.75, 3.05) is 0 Å². The van der Waals surface area contributed by atoms with Crippen LogP contribution in [0.1, 0.15) is 43.7 Å². The standard InChI is InChI=1S/C17H20FNO/c1-11-3-5-13(8-15(11)18)16(2,20)17(10-19)9-12-4-6-14(17)7-12/h3,5,8,12,14,20H,4,6-7,9H2,1-2H3. The normalized spacial score (nSPS) is 34.8. The van der Waals surface area contributed by atoms with Crippen LogP contribution in [0.15, 0.2) is 18.2 Å². The minimum Gasteiger partial charge on any atom is -0.384 e. The summed E-state index contributed by atoms with van der Waals surface area (Å²) in [5.74, 6) is 0.456. The van der Waals surface area contributed by atoms with Crippen LogP contribution >= 0.6 is 0 Å². The molecule has 0 spiro atoms. The molecule has 2 nitrogen and oxygen atoms in total. The van der Waals surface area contributed by atoms with Crippen molar-refractivity contribution >= 4 is 0 Å². The van der Waals surface area contributed by atoms with Crippen LogP contribution in [0.5, 0.6) is 0 Å². The number of hydrogen-bond donors (Lipinski definition) is 1. The van der Waals surface area contributed by atoms with Gasteiger partial charge >= 0.3 is 0 Å². The fraction of sp³-hybridized carbons (Fsp3) is 0.588. The van der Waals surface area contributed by atoms with E-state index in [-0.39, 0.29) is 11.7 Å². The average molecular weight is 273 g/mol. The first-order valence-corrected chi connectivity index (χ1v) is 7.31. The molecule has 4 unspecified atom stereocenters. The molecule has 106 valence electrons. The highest BCUT2D eigenvalue weighted by Crippen LogP contribution is 2.62. The van der Waals surface area contributed by atoms with E-state index in [2.05, 4.69) is 6.07 Å². The molecule has 0 aliphatic heterocycles. The van der Waals surface area contributed by atoms with E-state index in [1.165, 1.54) is 6.07 Å². The summed E-state index contributed by atoms with van der Waals surface area (Å²) in [4.78, 5) is 0. The molecule has 0 heterocycles. The van der Waals surface area contributed by atoms with Crippen molar-refractivity contribution in [2.45, 2.75) is 45.1 Å². The maximum absolute atomic E-state index is 13.8. The molecule has 1 aromatic rings. The Kier molecular flexibility index (Phi) is 2.92. The molecular weight excluding hydrogens is 253 g/mol. The summed E-state index contributed by atoms with van der Waals surface area (Å²) in [6.45, 7) is 3.38. The Labute approximate surface area is 119 Å². The Hall–Kier alpha value is -1.40. The number of aryl methyl sites for hydroxylation is 1. The van der Waals surface area contributed by atoms with Gasteiger partial charge in [0.15, 0.2) is 0 Å². The Morgan fingerprint density at radius 1 is 1.45 bits per heavy atom. The lowest BCUT2D eigenvalue weighted by Crippen LogP contribution is -2.46. The van der Waals surface area contributed by atoms with Gasteiger partial charge in [0.05, 0.1) is 11.5 Å². The van der Waals surface area contributed by atoms with Crippen LogP contribution in [0.3, 0.4) is 0 Å². The number of benzene rings is 1. The van der Waals surface area contributed by atoms with Gasteiger partial charge in [-0.3, -0.25) is 0 Å². The maximum atomic E-state index is 13.8. The largest absolute Gasteiger partial charge is 0.384 e. The smallest absolute Gasteiger partial charge is 0.126 e. The molecule has 0 radical (unpaired) electrons. The van der Waals surface area contributed by atoms with E-state index in [0.717, 1.165) is 25.7 Å². The monoisotopic (exact) mass is 273 g/mol. The molecule has 0 saturated heterocycles. The van der Waals surface area contributed by atoms with E-state index in [0.29, 0.717) is 17.0 Å². The van der Waals surface area contributed by atoms with E-state index in [1.807, 2.05) is 0 Å². The molecule has 0 aromatic heterocycles.